The Bertz CT molecular complexity index is 453. The molecule has 4 saturated carbocycles. The van der Waals surface area contributed by atoms with E-state index in [2.05, 4.69) is 13.8 Å². The lowest BCUT2D eigenvalue weighted by Gasteiger charge is -2.62. The van der Waals surface area contributed by atoms with E-state index in [4.69, 9.17) is 4.74 Å². The summed E-state index contributed by atoms with van der Waals surface area (Å²) in [6.45, 7) is 4.90. The van der Waals surface area contributed by atoms with Gasteiger partial charge in [0.25, 0.3) is 0 Å². The Morgan fingerprint density at radius 2 is 2.06 bits per heavy atom. The van der Waals surface area contributed by atoms with Gasteiger partial charge in [0.15, 0.2) is 0 Å². The first-order chi connectivity index (χ1) is 8.46. The quantitative estimate of drug-likeness (QED) is 0.617. The lowest BCUT2D eigenvalue weighted by molar-refractivity contribution is -0.208. The average Bonchev–Trinajstić information content (AvgIpc) is 2.62. The first-order valence-electron chi connectivity index (χ1n) is 7.16. The zero-order chi connectivity index (χ0) is 12.7. The van der Waals surface area contributed by atoms with Crippen molar-refractivity contribution in [3.63, 3.8) is 0 Å². The number of ether oxygens (including phenoxy) is 1. The van der Waals surface area contributed by atoms with E-state index in [1.165, 1.54) is 0 Å². The Labute approximate surface area is 107 Å². The monoisotopic (exact) mass is 248 g/mol. The van der Waals surface area contributed by atoms with Gasteiger partial charge in [-0.2, -0.15) is 0 Å². The van der Waals surface area contributed by atoms with Gasteiger partial charge in [-0.15, -0.1) is 0 Å². The number of esters is 1. The fourth-order valence-corrected chi connectivity index (χ4v) is 5.93. The van der Waals surface area contributed by atoms with Crippen LogP contribution in [-0.2, 0) is 14.3 Å². The first kappa shape index (κ1) is 11.0. The van der Waals surface area contributed by atoms with Gasteiger partial charge < -0.3 is 4.74 Å². The number of ketones is 1. The molecule has 0 aromatic rings. The van der Waals surface area contributed by atoms with E-state index in [9.17, 15) is 9.59 Å². The number of rotatable bonds is 0. The van der Waals surface area contributed by atoms with Crippen molar-refractivity contribution in [2.24, 2.45) is 34.5 Å². The molecule has 1 aliphatic heterocycles. The van der Waals surface area contributed by atoms with Crippen molar-refractivity contribution in [3.8, 4) is 0 Å². The molecule has 1 spiro atoms. The topological polar surface area (TPSA) is 43.4 Å². The van der Waals surface area contributed by atoms with E-state index in [0.717, 1.165) is 19.3 Å². The average molecular weight is 248 g/mol. The van der Waals surface area contributed by atoms with Crippen LogP contribution in [0.2, 0.25) is 0 Å². The third-order valence-corrected chi connectivity index (χ3v) is 6.38. The third kappa shape index (κ3) is 1.03. The van der Waals surface area contributed by atoms with E-state index >= 15 is 0 Å². The summed E-state index contributed by atoms with van der Waals surface area (Å²) < 4.78 is 5.40. The molecule has 4 aliphatic carbocycles. The lowest BCUT2D eigenvalue weighted by atomic mass is 9.42. The highest BCUT2D eigenvalue weighted by molar-refractivity contribution is 5.89. The maximum Gasteiger partial charge on any atom is 0.312 e. The molecule has 1 heterocycles. The van der Waals surface area contributed by atoms with Crippen LogP contribution < -0.4 is 0 Å². The van der Waals surface area contributed by atoms with Crippen molar-refractivity contribution in [2.45, 2.75) is 39.5 Å². The molecule has 18 heavy (non-hydrogen) atoms. The van der Waals surface area contributed by atoms with Crippen LogP contribution in [0, 0.1) is 34.5 Å². The number of carbonyl (C=O) groups excluding carboxylic acids is 2. The molecule has 98 valence electrons. The van der Waals surface area contributed by atoms with Gasteiger partial charge in [-0.3, -0.25) is 9.59 Å². The molecule has 0 N–H and O–H groups in total. The minimum atomic E-state index is -0.321. The molecular formula is C15H20O3. The summed E-state index contributed by atoms with van der Waals surface area (Å²) in [5.41, 5.74) is -0.136. The molecule has 0 aromatic carbocycles. The third-order valence-electron chi connectivity index (χ3n) is 6.38. The molecule has 1 saturated heterocycles. The summed E-state index contributed by atoms with van der Waals surface area (Å²) in [6.07, 6.45) is 3.67. The molecule has 5 fully saturated rings. The second-order valence-corrected chi connectivity index (χ2v) is 7.53. The molecule has 5 aliphatic rings. The Morgan fingerprint density at radius 3 is 2.78 bits per heavy atom. The van der Waals surface area contributed by atoms with Gasteiger partial charge in [0.05, 0.1) is 11.3 Å². The summed E-state index contributed by atoms with van der Waals surface area (Å²) in [7, 11) is 0. The van der Waals surface area contributed by atoms with Crippen LogP contribution in [-0.4, -0.2) is 18.4 Å². The van der Waals surface area contributed by atoms with E-state index < -0.39 is 0 Å². The molecule has 0 radical (unpaired) electrons. The molecule has 2 bridgehead atoms. The predicted molar refractivity (Wildman–Crippen MR) is 64.6 cm³/mol. The first-order valence-corrected chi connectivity index (χ1v) is 7.16. The Balaban J connectivity index is 1.88. The number of fused-ring (bicyclic) bond motifs is 2. The second kappa shape index (κ2) is 3.00. The van der Waals surface area contributed by atoms with Crippen LogP contribution >= 0.6 is 0 Å². The molecule has 0 aromatic heterocycles. The van der Waals surface area contributed by atoms with Crippen molar-refractivity contribution in [2.75, 3.05) is 6.61 Å². The lowest BCUT2D eigenvalue weighted by Crippen LogP contribution is -2.61. The molecule has 5 rings (SSSR count). The number of carbonyl (C=O) groups is 2. The van der Waals surface area contributed by atoms with Gasteiger partial charge in [0.1, 0.15) is 12.4 Å². The normalized spacial score (nSPS) is 52.1. The number of cyclic esters (lactones) is 1. The minimum absolute atomic E-state index is 0.00493. The van der Waals surface area contributed by atoms with Crippen LogP contribution in [0.15, 0.2) is 0 Å². The van der Waals surface area contributed by atoms with Crippen molar-refractivity contribution >= 4 is 11.8 Å². The summed E-state index contributed by atoms with van der Waals surface area (Å²) >= 11 is 0. The number of Topliss-reactive ketones (excluding diaryl/α,β-unsaturated/α-hetero) is 1. The van der Waals surface area contributed by atoms with Gasteiger partial charge in [0.2, 0.25) is 0 Å². The summed E-state index contributed by atoms with van der Waals surface area (Å²) in [6, 6.07) is 0. The molecule has 3 nitrogen and oxygen atoms in total. The fraction of sp³-hybridized carbons (Fsp3) is 0.867. The van der Waals surface area contributed by atoms with Crippen molar-refractivity contribution in [1.82, 2.24) is 0 Å². The van der Waals surface area contributed by atoms with E-state index in [1.54, 1.807) is 0 Å². The standard InChI is InChI=1S/C15H20O3/c1-14(2)7-15-4-3-10(14)8-5-11(16)9(12(8)15)6-18-13(15)17/h8-10,12H,3-7H2,1-2H3/t8-,9+,10-,12-,15?/m1/s1. The van der Waals surface area contributed by atoms with E-state index in [-0.39, 0.29) is 22.7 Å². The minimum Gasteiger partial charge on any atom is -0.464 e. The van der Waals surface area contributed by atoms with E-state index in [0.29, 0.717) is 36.6 Å². The largest absolute Gasteiger partial charge is 0.464 e. The summed E-state index contributed by atoms with van der Waals surface area (Å²) in [5, 5.41) is 0. The zero-order valence-electron chi connectivity index (χ0n) is 11.1. The molecule has 5 atom stereocenters. The Kier molecular flexibility index (Phi) is 1.83. The molecule has 1 unspecified atom stereocenters. The second-order valence-electron chi connectivity index (χ2n) is 7.53. The van der Waals surface area contributed by atoms with Crippen LogP contribution in [0.3, 0.4) is 0 Å². The highest BCUT2D eigenvalue weighted by Gasteiger charge is 2.70. The van der Waals surface area contributed by atoms with Gasteiger partial charge in [0, 0.05) is 6.42 Å². The van der Waals surface area contributed by atoms with Gasteiger partial charge in [-0.25, -0.2) is 0 Å². The van der Waals surface area contributed by atoms with Crippen molar-refractivity contribution < 1.29 is 14.3 Å². The van der Waals surface area contributed by atoms with Crippen LogP contribution in [0.5, 0.6) is 0 Å². The molecular weight excluding hydrogens is 228 g/mol. The highest BCUT2D eigenvalue weighted by Crippen LogP contribution is 2.69. The van der Waals surface area contributed by atoms with Crippen LogP contribution in [0.4, 0.5) is 0 Å². The number of hydrogen-bond acceptors (Lipinski definition) is 3. The summed E-state index contributed by atoms with van der Waals surface area (Å²) in [4.78, 5) is 24.6. The Morgan fingerprint density at radius 1 is 1.28 bits per heavy atom. The zero-order valence-corrected chi connectivity index (χ0v) is 11.1. The summed E-state index contributed by atoms with van der Waals surface area (Å²) in [5.74, 6) is 1.75. The fourth-order valence-electron chi connectivity index (χ4n) is 5.93. The van der Waals surface area contributed by atoms with Crippen molar-refractivity contribution in [3.05, 3.63) is 0 Å². The van der Waals surface area contributed by atoms with Crippen molar-refractivity contribution in [1.29, 1.82) is 0 Å². The molecule has 0 amide bonds. The van der Waals surface area contributed by atoms with E-state index in [1.807, 2.05) is 0 Å². The van der Waals surface area contributed by atoms with Gasteiger partial charge in [-0.05, 0) is 42.4 Å². The van der Waals surface area contributed by atoms with Crippen LogP contribution in [0.25, 0.3) is 0 Å². The molecule has 3 heteroatoms. The Hall–Kier alpha value is -0.860. The maximum absolute atomic E-state index is 12.4. The van der Waals surface area contributed by atoms with Gasteiger partial charge >= 0.3 is 5.97 Å². The number of hydrogen-bond donors (Lipinski definition) is 0. The van der Waals surface area contributed by atoms with Gasteiger partial charge in [-0.1, -0.05) is 13.8 Å². The predicted octanol–water partition coefficient (Wildman–Crippen LogP) is 2.19. The SMILES string of the molecule is CC1(C)CC23CC[C@@H]1[C@H]1CC(=O)[C@H](COC2=O)[C@@H]13. The highest BCUT2D eigenvalue weighted by atomic mass is 16.5. The van der Waals surface area contributed by atoms with Crippen LogP contribution in [0.1, 0.15) is 39.5 Å². The maximum atomic E-state index is 12.4. The smallest absolute Gasteiger partial charge is 0.312 e.